The molecule has 0 saturated carbocycles. The van der Waals surface area contributed by atoms with Crippen LogP contribution in [0.15, 0.2) is 40.8 Å². The van der Waals surface area contributed by atoms with Gasteiger partial charge in [0.05, 0.1) is 28.0 Å². The number of aromatic nitrogens is 6. The lowest BCUT2D eigenvalue weighted by molar-refractivity contribution is 0.863. The Balaban J connectivity index is 1.50. The number of aromatic amines is 1. The highest BCUT2D eigenvalue weighted by molar-refractivity contribution is 7.18. The van der Waals surface area contributed by atoms with Gasteiger partial charge in [-0.1, -0.05) is 22.9 Å². The van der Waals surface area contributed by atoms with Crippen molar-refractivity contribution in [3.05, 3.63) is 57.0 Å². The van der Waals surface area contributed by atoms with E-state index in [4.69, 9.17) is 11.6 Å². The molecule has 1 aromatic carbocycles. The number of H-pyrrole nitrogens is 1. The van der Waals surface area contributed by atoms with E-state index >= 15 is 0 Å². The summed E-state index contributed by atoms with van der Waals surface area (Å²) in [6.45, 7) is 1.91. The summed E-state index contributed by atoms with van der Waals surface area (Å²) in [6, 6.07) is 5.57. The summed E-state index contributed by atoms with van der Waals surface area (Å²) in [5.41, 5.74) is 3.70. The Kier molecular flexibility index (Phi) is 4.61. The number of pyridine rings is 1. The van der Waals surface area contributed by atoms with Gasteiger partial charge in [-0.05, 0) is 25.1 Å². The lowest BCUT2D eigenvalue weighted by Gasteiger charge is -2.05. The fourth-order valence-electron chi connectivity index (χ4n) is 3.04. The minimum absolute atomic E-state index is 0.101. The van der Waals surface area contributed by atoms with E-state index in [0.29, 0.717) is 31.4 Å². The Bertz CT molecular complexity index is 1450. The highest BCUT2D eigenvalue weighted by Crippen LogP contribution is 2.35. The van der Waals surface area contributed by atoms with Crippen molar-refractivity contribution in [3.8, 4) is 21.1 Å². The second kappa shape index (κ2) is 7.31. The molecule has 4 aromatic heterocycles. The molecule has 8 nitrogen and oxygen atoms in total. The maximum atomic E-state index is 12.6. The smallest absolute Gasteiger partial charge is 0.260 e. The molecule has 5 rings (SSSR count). The van der Waals surface area contributed by atoms with Crippen molar-refractivity contribution in [2.75, 3.05) is 5.32 Å². The predicted molar refractivity (Wildman–Crippen MR) is 121 cm³/mol. The van der Waals surface area contributed by atoms with Gasteiger partial charge in [0.2, 0.25) is 5.13 Å². The van der Waals surface area contributed by atoms with E-state index in [0.717, 1.165) is 22.2 Å². The summed E-state index contributed by atoms with van der Waals surface area (Å²) < 4.78 is 1.54. The average Bonchev–Trinajstić information content (AvgIpc) is 3.47. The van der Waals surface area contributed by atoms with Crippen molar-refractivity contribution in [2.45, 2.75) is 6.92 Å². The molecule has 2 N–H and O–H groups in total. The first kappa shape index (κ1) is 18.9. The van der Waals surface area contributed by atoms with Crippen LogP contribution in [-0.2, 0) is 7.05 Å². The number of hydrogen-bond acceptors (Lipinski definition) is 8. The third kappa shape index (κ3) is 3.28. The maximum Gasteiger partial charge on any atom is 0.260 e. The number of nitrogens with zero attached hydrogens (tertiary/aromatic N) is 5. The standard InChI is InChI=1S/C19H14ClN7OS2/c1-9-8-29-17(22-9)11-5-10(7-27(2)18(11)28)16-25-26-19(30-16)23-14-4-3-13-12(15(14)20)6-21-24-13/h3-8H,1-2H3,(H,21,24)(H,23,26). The lowest BCUT2D eigenvalue weighted by Crippen LogP contribution is -2.18. The molecular formula is C19H14ClN7OS2. The monoisotopic (exact) mass is 455 g/mol. The van der Waals surface area contributed by atoms with Gasteiger partial charge in [0.25, 0.3) is 5.56 Å². The number of anilines is 2. The Morgan fingerprint density at radius 3 is 2.90 bits per heavy atom. The second-order valence-corrected chi connectivity index (χ2v) is 8.86. The van der Waals surface area contributed by atoms with Gasteiger partial charge in [0.15, 0.2) is 5.01 Å². The summed E-state index contributed by atoms with van der Waals surface area (Å²) in [5.74, 6) is 0. The molecule has 0 amide bonds. The van der Waals surface area contributed by atoms with Crippen LogP contribution in [0.3, 0.4) is 0 Å². The van der Waals surface area contributed by atoms with Crippen LogP contribution in [0.2, 0.25) is 5.02 Å². The van der Waals surface area contributed by atoms with Crippen LogP contribution >= 0.6 is 34.3 Å². The molecule has 0 spiro atoms. The molecule has 5 aromatic rings. The Morgan fingerprint density at radius 2 is 2.10 bits per heavy atom. The van der Waals surface area contributed by atoms with Crippen molar-refractivity contribution < 1.29 is 0 Å². The number of fused-ring (bicyclic) bond motifs is 1. The first-order valence-electron chi connectivity index (χ1n) is 8.85. The summed E-state index contributed by atoms with van der Waals surface area (Å²) in [7, 11) is 1.72. The molecule has 11 heteroatoms. The van der Waals surface area contributed by atoms with E-state index in [2.05, 4.69) is 30.7 Å². The van der Waals surface area contributed by atoms with Crippen LogP contribution in [0.4, 0.5) is 10.8 Å². The first-order valence-corrected chi connectivity index (χ1v) is 10.9. The zero-order valence-electron chi connectivity index (χ0n) is 15.8. The van der Waals surface area contributed by atoms with E-state index in [1.807, 2.05) is 30.5 Å². The SMILES string of the molecule is Cc1csc(-c2cc(-c3nnc(Nc4ccc5[nH]ncc5c4Cl)s3)cn(C)c2=O)n1. The van der Waals surface area contributed by atoms with Crippen LogP contribution in [0.25, 0.3) is 32.0 Å². The highest BCUT2D eigenvalue weighted by Gasteiger charge is 2.15. The number of nitrogens with one attached hydrogen (secondary N) is 2. The van der Waals surface area contributed by atoms with E-state index in [-0.39, 0.29) is 5.56 Å². The zero-order chi connectivity index (χ0) is 20.8. The van der Waals surface area contributed by atoms with E-state index < -0.39 is 0 Å². The molecular weight excluding hydrogens is 442 g/mol. The van der Waals surface area contributed by atoms with E-state index in [9.17, 15) is 4.79 Å². The molecule has 0 aliphatic heterocycles. The molecule has 30 heavy (non-hydrogen) atoms. The Labute approximate surface area is 183 Å². The summed E-state index contributed by atoms with van der Waals surface area (Å²) >= 11 is 9.30. The van der Waals surface area contributed by atoms with Crippen molar-refractivity contribution in [3.63, 3.8) is 0 Å². The first-order chi connectivity index (χ1) is 14.5. The largest absolute Gasteiger partial charge is 0.329 e. The van der Waals surface area contributed by atoms with Gasteiger partial charge >= 0.3 is 0 Å². The summed E-state index contributed by atoms with van der Waals surface area (Å²) in [5, 5.41) is 23.9. The Morgan fingerprint density at radius 1 is 1.23 bits per heavy atom. The van der Waals surface area contributed by atoms with Gasteiger partial charge in [-0.25, -0.2) is 4.98 Å². The van der Waals surface area contributed by atoms with E-state index in [1.54, 1.807) is 24.0 Å². The van der Waals surface area contributed by atoms with Gasteiger partial charge in [0.1, 0.15) is 5.01 Å². The van der Waals surface area contributed by atoms with Gasteiger partial charge < -0.3 is 9.88 Å². The van der Waals surface area contributed by atoms with Gasteiger partial charge in [-0.2, -0.15) is 5.10 Å². The molecule has 0 unspecified atom stereocenters. The van der Waals surface area contributed by atoms with Crippen LogP contribution in [0.5, 0.6) is 0 Å². The minimum Gasteiger partial charge on any atom is -0.329 e. The van der Waals surface area contributed by atoms with Crippen molar-refractivity contribution in [1.82, 2.24) is 29.9 Å². The molecule has 4 heterocycles. The number of aryl methyl sites for hydroxylation is 2. The minimum atomic E-state index is -0.101. The molecule has 0 aliphatic rings. The number of benzene rings is 1. The number of halogens is 1. The molecule has 0 bridgehead atoms. The van der Waals surface area contributed by atoms with Crippen LogP contribution in [0, 0.1) is 6.92 Å². The van der Waals surface area contributed by atoms with Crippen molar-refractivity contribution in [1.29, 1.82) is 0 Å². The van der Waals surface area contributed by atoms with Crippen molar-refractivity contribution in [2.24, 2.45) is 7.05 Å². The molecule has 0 saturated heterocycles. The van der Waals surface area contributed by atoms with Crippen LogP contribution < -0.4 is 10.9 Å². The van der Waals surface area contributed by atoms with Gasteiger partial charge in [0, 0.05) is 35.3 Å². The highest BCUT2D eigenvalue weighted by atomic mass is 35.5. The second-order valence-electron chi connectivity index (χ2n) is 6.65. The van der Waals surface area contributed by atoms with Gasteiger partial charge in [-0.3, -0.25) is 9.89 Å². The third-order valence-corrected chi connectivity index (χ3v) is 6.79. The van der Waals surface area contributed by atoms with E-state index in [1.165, 1.54) is 22.7 Å². The lowest BCUT2D eigenvalue weighted by atomic mass is 10.2. The summed E-state index contributed by atoms with van der Waals surface area (Å²) in [6.07, 6.45) is 3.43. The quantitative estimate of drug-likeness (QED) is 0.410. The summed E-state index contributed by atoms with van der Waals surface area (Å²) in [4.78, 5) is 17.0. The fourth-order valence-corrected chi connectivity index (χ4v) is 4.85. The molecule has 0 atom stereocenters. The fraction of sp³-hybridized carbons (Fsp3) is 0.105. The van der Waals surface area contributed by atoms with Crippen LogP contribution in [-0.4, -0.2) is 29.9 Å². The van der Waals surface area contributed by atoms with Crippen LogP contribution in [0.1, 0.15) is 5.69 Å². The molecule has 0 radical (unpaired) electrons. The number of hydrogen-bond donors (Lipinski definition) is 2. The number of rotatable bonds is 4. The topological polar surface area (TPSA) is 101 Å². The predicted octanol–water partition coefficient (Wildman–Crippen LogP) is 4.61. The van der Waals surface area contributed by atoms with Gasteiger partial charge in [-0.15, -0.1) is 21.5 Å². The normalized spacial score (nSPS) is 11.3. The average molecular weight is 456 g/mol. The zero-order valence-corrected chi connectivity index (χ0v) is 18.2. The Hall–Kier alpha value is -3.08. The third-order valence-electron chi connectivity index (χ3n) is 4.50. The van der Waals surface area contributed by atoms with Crippen molar-refractivity contribution >= 4 is 56.0 Å². The maximum absolute atomic E-state index is 12.6. The molecule has 0 fully saturated rings. The number of thiazole rings is 1. The molecule has 150 valence electrons. The molecule has 0 aliphatic carbocycles.